The standard InChI is InChI=1S/C23H25FN2O5S/c1-3-4-11-31-23-18(14-27)17(16-7-5-6-8-22(16)32(25,28)29)13-20(26-23)15-9-10-21(30-2)19(24)12-15/h5-10,12-13,27H,3-4,11,14H2,1-2H3,(H2,25,28,29). The highest BCUT2D eigenvalue weighted by Gasteiger charge is 2.22. The summed E-state index contributed by atoms with van der Waals surface area (Å²) in [5.74, 6) is -0.341. The van der Waals surface area contributed by atoms with Crippen LogP contribution in [0, 0.1) is 5.82 Å². The maximum Gasteiger partial charge on any atom is 0.238 e. The lowest BCUT2D eigenvalue weighted by Crippen LogP contribution is -2.14. The van der Waals surface area contributed by atoms with Crippen molar-refractivity contribution in [1.82, 2.24) is 4.98 Å². The zero-order valence-corrected chi connectivity index (χ0v) is 18.7. The number of methoxy groups -OCH3 is 1. The molecule has 0 unspecified atom stereocenters. The number of ether oxygens (including phenoxy) is 2. The molecule has 0 saturated heterocycles. The first kappa shape index (κ1) is 23.6. The van der Waals surface area contributed by atoms with Gasteiger partial charge >= 0.3 is 0 Å². The minimum atomic E-state index is -4.05. The largest absolute Gasteiger partial charge is 0.494 e. The average molecular weight is 461 g/mol. The first-order chi connectivity index (χ1) is 15.3. The van der Waals surface area contributed by atoms with Crippen LogP contribution in [0.4, 0.5) is 4.39 Å². The van der Waals surface area contributed by atoms with Gasteiger partial charge in [-0.15, -0.1) is 0 Å². The molecule has 1 aromatic heterocycles. The Morgan fingerprint density at radius 2 is 1.88 bits per heavy atom. The highest BCUT2D eigenvalue weighted by molar-refractivity contribution is 7.89. The van der Waals surface area contributed by atoms with Gasteiger partial charge < -0.3 is 14.6 Å². The first-order valence-electron chi connectivity index (χ1n) is 10.0. The highest BCUT2D eigenvalue weighted by Crippen LogP contribution is 2.37. The third-order valence-corrected chi connectivity index (χ3v) is 5.88. The van der Waals surface area contributed by atoms with Gasteiger partial charge in [0.1, 0.15) is 0 Å². The highest BCUT2D eigenvalue weighted by atomic mass is 32.2. The molecule has 3 rings (SSSR count). The molecule has 0 saturated carbocycles. The molecule has 9 heteroatoms. The summed E-state index contributed by atoms with van der Waals surface area (Å²) < 4.78 is 49.5. The van der Waals surface area contributed by atoms with Crippen molar-refractivity contribution in [3.63, 3.8) is 0 Å². The van der Waals surface area contributed by atoms with Gasteiger partial charge in [-0.2, -0.15) is 0 Å². The van der Waals surface area contributed by atoms with Gasteiger partial charge in [0.15, 0.2) is 11.6 Å². The van der Waals surface area contributed by atoms with Gasteiger partial charge in [-0.05, 0) is 42.3 Å². The van der Waals surface area contributed by atoms with Gasteiger partial charge in [0.05, 0.1) is 30.9 Å². The summed E-state index contributed by atoms with van der Waals surface area (Å²) in [5.41, 5.74) is 1.76. The lowest BCUT2D eigenvalue weighted by Gasteiger charge is -2.17. The number of nitrogens with zero attached hydrogens (tertiary/aromatic N) is 1. The van der Waals surface area contributed by atoms with E-state index in [4.69, 9.17) is 14.6 Å². The minimum absolute atomic E-state index is 0.0833. The van der Waals surface area contributed by atoms with E-state index >= 15 is 0 Å². The number of nitrogens with two attached hydrogens (primary N) is 1. The predicted molar refractivity (Wildman–Crippen MR) is 119 cm³/mol. The van der Waals surface area contributed by atoms with E-state index in [0.717, 1.165) is 12.8 Å². The zero-order chi connectivity index (χ0) is 23.3. The van der Waals surface area contributed by atoms with Crippen LogP contribution in [0.15, 0.2) is 53.4 Å². The lowest BCUT2D eigenvalue weighted by molar-refractivity contribution is 0.256. The third-order valence-electron chi connectivity index (χ3n) is 4.91. The Hall–Kier alpha value is -3.01. The predicted octanol–water partition coefficient (Wildman–Crippen LogP) is 3.88. The molecule has 0 aliphatic rings. The Balaban J connectivity index is 2.28. The van der Waals surface area contributed by atoms with Crippen LogP contribution in [0.3, 0.4) is 0 Å². The molecule has 0 amide bonds. The monoisotopic (exact) mass is 460 g/mol. The Kier molecular flexibility index (Phi) is 7.44. The fraction of sp³-hybridized carbons (Fsp3) is 0.261. The Morgan fingerprint density at radius 3 is 2.50 bits per heavy atom. The number of aromatic nitrogens is 1. The van der Waals surface area contributed by atoms with Crippen LogP contribution in [-0.2, 0) is 16.6 Å². The maximum absolute atomic E-state index is 14.4. The molecule has 3 N–H and O–H groups in total. The van der Waals surface area contributed by atoms with E-state index in [1.54, 1.807) is 30.3 Å². The van der Waals surface area contributed by atoms with Crippen LogP contribution in [0.2, 0.25) is 0 Å². The number of benzene rings is 2. The van der Waals surface area contributed by atoms with Crippen LogP contribution in [0.1, 0.15) is 25.3 Å². The number of rotatable bonds is 9. The van der Waals surface area contributed by atoms with Crippen molar-refractivity contribution < 1.29 is 27.4 Å². The van der Waals surface area contributed by atoms with Crippen molar-refractivity contribution in [1.29, 1.82) is 0 Å². The quantitative estimate of drug-likeness (QED) is 0.469. The van der Waals surface area contributed by atoms with E-state index < -0.39 is 22.4 Å². The van der Waals surface area contributed by atoms with Crippen LogP contribution in [0.5, 0.6) is 11.6 Å². The van der Waals surface area contributed by atoms with E-state index in [1.807, 2.05) is 6.92 Å². The smallest absolute Gasteiger partial charge is 0.238 e. The van der Waals surface area contributed by atoms with E-state index in [2.05, 4.69) is 4.98 Å². The van der Waals surface area contributed by atoms with E-state index in [-0.39, 0.29) is 22.1 Å². The van der Waals surface area contributed by atoms with Gasteiger partial charge in [0.2, 0.25) is 15.9 Å². The molecule has 7 nitrogen and oxygen atoms in total. The normalized spacial score (nSPS) is 11.4. The van der Waals surface area contributed by atoms with Crippen molar-refractivity contribution in [2.45, 2.75) is 31.3 Å². The number of hydrogen-bond donors (Lipinski definition) is 2. The second kappa shape index (κ2) is 10.1. The molecule has 0 atom stereocenters. The third kappa shape index (κ3) is 5.07. The molecule has 0 bridgehead atoms. The first-order valence-corrected chi connectivity index (χ1v) is 11.6. The summed E-state index contributed by atoms with van der Waals surface area (Å²) in [6.07, 6.45) is 1.65. The molecule has 0 aliphatic carbocycles. The SMILES string of the molecule is CCCCOc1nc(-c2ccc(OC)c(F)c2)cc(-c2ccccc2S(N)(=O)=O)c1CO. The summed E-state index contributed by atoms with van der Waals surface area (Å²) >= 11 is 0. The molecule has 32 heavy (non-hydrogen) atoms. The zero-order valence-electron chi connectivity index (χ0n) is 17.8. The fourth-order valence-electron chi connectivity index (χ4n) is 3.28. The molecule has 2 aromatic carbocycles. The summed E-state index contributed by atoms with van der Waals surface area (Å²) in [4.78, 5) is 4.39. The summed E-state index contributed by atoms with van der Waals surface area (Å²) in [5, 5.41) is 15.5. The Labute approximate surface area is 186 Å². The van der Waals surface area contributed by atoms with Crippen molar-refractivity contribution in [3.8, 4) is 34.0 Å². The number of pyridine rings is 1. The molecule has 0 radical (unpaired) electrons. The van der Waals surface area contributed by atoms with Gasteiger partial charge in [-0.3, -0.25) is 0 Å². The number of primary sulfonamides is 1. The maximum atomic E-state index is 14.4. The van der Waals surface area contributed by atoms with Gasteiger partial charge in [0.25, 0.3) is 0 Å². The van der Waals surface area contributed by atoms with Crippen molar-refractivity contribution in [2.24, 2.45) is 5.14 Å². The van der Waals surface area contributed by atoms with Crippen LogP contribution in [-0.4, -0.2) is 32.2 Å². The summed E-state index contributed by atoms with van der Waals surface area (Å²) in [6.45, 7) is 1.92. The Morgan fingerprint density at radius 1 is 1.12 bits per heavy atom. The summed E-state index contributed by atoms with van der Waals surface area (Å²) in [7, 11) is -2.68. The molecule has 0 fully saturated rings. The lowest BCUT2D eigenvalue weighted by atomic mass is 9.98. The van der Waals surface area contributed by atoms with Crippen LogP contribution < -0.4 is 14.6 Å². The van der Waals surface area contributed by atoms with E-state index in [0.29, 0.717) is 29.0 Å². The molecular weight excluding hydrogens is 435 g/mol. The number of halogens is 1. The second-order valence-corrected chi connectivity index (χ2v) is 8.62. The van der Waals surface area contributed by atoms with Crippen molar-refractivity contribution in [2.75, 3.05) is 13.7 Å². The molecule has 170 valence electrons. The average Bonchev–Trinajstić information content (AvgIpc) is 2.78. The van der Waals surface area contributed by atoms with Gasteiger partial charge in [-0.1, -0.05) is 31.5 Å². The molecule has 3 aromatic rings. The summed E-state index contributed by atoms with van der Waals surface area (Å²) in [6, 6.07) is 12.2. The second-order valence-electron chi connectivity index (χ2n) is 7.09. The van der Waals surface area contributed by atoms with Gasteiger partial charge in [-0.25, -0.2) is 22.9 Å². The number of hydrogen-bond acceptors (Lipinski definition) is 6. The molecule has 0 aliphatic heterocycles. The number of unbranched alkanes of at least 4 members (excludes halogenated alkanes) is 1. The van der Waals surface area contributed by atoms with Crippen molar-refractivity contribution in [3.05, 3.63) is 59.9 Å². The topological polar surface area (TPSA) is 112 Å². The minimum Gasteiger partial charge on any atom is -0.494 e. The van der Waals surface area contributed by atoms with E-state index in [1.165, 1.54) is 25.3 Å². The number of aliphatic hydroxyl groups is 1. The molecular formula is C23H25FN2O5S. The molecule has 1 heterocycles. The number of sulfonamides is 1. The number of aliphatic hydroxyl groups excluding tert-OH is 1. The van der Waals surface area contributed by atoms with Crippen LogP contribution in [0.25, 0.3) is 22.4 Å². The van der Waals surface area contributed by atoms with Gasteiger partial charge in [0, 0.05) is 16.7 Å². The van der Waals surface area contributed by atoms with E-state index in [9.17, 15) is 17.9 Å². The Bertz CT molecular complexity index is 1220. The van der Waals surface area contributed by atoms with Crippen LogP contribution >= 0.6 is 0 Å². The van der Waals surface area contributed by atoms with Crippen molar-refractivity contribution >= 4 is 10.0 Å². The molecule has 0 spiro atoms. The fourth-order valence-corrected chi connectivity index (χ4v) is 4.04.